The van der Waals surface area contributed by atoms with E-state index in [2.05, 4.69) is 17.2 Å². The zero-order valence-electron chi connectivity index (χ0n) is 9.36. The smallest absolute Gasteiger partial charge is 0.109 e. The average molecular weight is 206 g/mol. The normalized spacial score (nSPS) is 31.5. The van der Waals surface area contributed by atoms with Crippen molar-refractivity contribution in [2.45, 2.75) is 31.4 Å². The molecule has 0 aromatic carbocycles. The molecule has 2 unspecified atom stereocenters. The Morgan fingerprint density at radius 3 is 3.07 bits per heavy atom. The summed E-state index contributed by atoms with van der Waals surface area (Å²) in [6.45, 7) is 2.93. The Kier molecular flexibility index (Phi) is 3.03. The molecule has 0 spiro atoms. The van der Waals surface area contributed by atoms with Crippen LogP contribution in [0.4, 0.5) is 0 Å². The minimum Gasteiger partial charge on any atom is -0.369 e. The zero-order chi connectivity index (χ0) is 10.7. The van der Waals surface area contributed by atoms with Crippen LogP contribution in [0.1, 0.15) is 25.5 Å². The van der Waals surface area contributed by atoms with Crippen LogP contribution in [0.2, 0.25) is 0 Å². The van der Waals surface area contributed by atoms with Gasteiger partial charge in [-0.2, -0.15) is 0 Å². The van der Waals surface area contributed by atoms with Crippen LogP contribution < -0.4 is 5.32 Å². The molecule has 1 N–H and O–H groups in total. The lowest BCUT2D eigenvalue weighted by Crippen LogP contribution is -2.42. The van der Waals surface area contributed by atoms with E-state index in [0.717, 1.165) is 25.1 Å². The summed E-state index contributed by atoms with van der Waals surface area (Å²) < 4.78 is 5.88. The fourth-order valence-electron chi connectivity index (χ4n) is 2.16. The predicted octanol–water partition coefficient (Wildman–Crippen LogP) is 1.70. The summed E-state index contributed by atoms with van der Waals surface area (Å²) in [5.41, 5.74) is 0.803. The van der Waals surface area contributed by atoms with E-state index in [-0.39, 0.29) is 5.60 Å². The summed E-state index contributed by atoms with van der Waals surface area (Å²) in [6.07, 6.45) is 3.90. The van der Waals surface area contributed by atoms with Crippen LogP contribution in [0.3, 0.4) is 0 Å². The van der Waals surface area contributed by atoms with Gasteiger partial charge in [0.2, 0.25) is 0 Å². The molecule has 1 aromatic rings. The molecular formula is C12H18N2O. The van der Waals surface area contributed by atoms with Crippen molar-refractivity contribution in [2.75, 3.05) is 13.7 Å². The molecule has 0 bridgehead atoms. The van der Waals surface area contributed by atoms with E-state index < -0.39 is 0 Å². The average Bonchev–Trinajstić information content (AvgIpc) is 2.30. The van der Waals surface area contributed by atoms with Crippen molar-refractivity contribution < 1.29 is 4.74 Å². The van der Waals surface area contributed by atoms with Crippen molar-refractivity contribution >= 4 is 0 Å². The molecule has 0 aliphatic carbocycles. The number of hydrogen-bond acceptors (Lipinski definition) is 3. The van der Waals surface area contributed by atoms with Crippen LogP contribution in [0.25, 0.3) is 0 Å². The van der Waals surface area contributed by atoms with Gasteiger partial charge in [-0.25, -0.2) is 0 Å². The molecule has 2 heterocycles. The third kappa shape index (κ3) is 2.19. The van der Waals surface area contributed by atoms with Crippen LogP contribution in [0.5, 0.6) is 0 Å². The van der Waals surface area contributed by atoms with Crippen molar-refractivity contribution in [3.05, 3.63) is 30.1 Å². The van der Waals surface area contributed by atoms with Crippen LogP contribution in [-0.4, -0.2) is 24.7 Å². The molecule has 3 nitrogen and oxygen atoms in total. The SMILES string of the molecule is CNC1CCOC(C)(c2ccccn2)C1. The molecule has 0 radical (unpaired) electrons. The standard InChI is InChI=1S/C12H18N2O/c1-12(11-5-3-4-7-14-11)9-10(13-2)6-8-15-12/h3-5,7,10,13H,6,8-9H2,1-2H3. The molecule has 1 aliphatic rings. The topological polar surface area (TPSA) is 34.1 Å². The van der Waals surface area contributed by atoms with Crippen molar-refractivity contribution in [1.29, 1.82) is 0 Å². The van der Waals surface area contributed by atoms with Gasteiger partial charge in [-0.15, -0.1) is 0 Å². The molecule has 1 fully saturated rings. The number of nitrogens with one attached hydrogen (secondary N) is 1. The van der Waals surface area contributed by atoms with Gasteiger partial charge in [0.25, 0.3) is 0 Å². The summed E-state index contributed by atoms with van der Waals surface area (Å²) >= 11 is 0. The highest BCUT2D eigenvalue weighted by molar-refractivity contribution is 5.13. The van der Waals surface area contributed by atoms with E-state index in [1.165, 1.54) is 0 Å². The van der Waals surface area contributed by atoms with Gasteiger partial charge in [-0.05, 0) is 38.9 Å². The second-order valence-corrected chi connectivity index (χ2v) is 4.27. The monoisotopic (exact) mass is 206 g/mol. The first kappa shape index (κ1) is 10.6. The Labute approximate surface area is 90.9 Å². The van der Waals surface area contributed by atoms with E-state index in [4.69, 9.17) is 4.74 Å². The van der Waals surface area contributed by atoms with Gasteiger partial charge in [0.05, 0.1) is 5.69 Å². The summed E-state index contributed by atoms with van der Waals surface area (Å²) in [6, 6.07) is 6.52. The minimum atomic E-state index is -0.229. The third-order valence-electron chi connectivity index (χ3n) is 3.14. The highest BCUT2D eigenvalue weighted by atomic mass is 16.5. The maximum atomic E-state index is 5.88. The summed E-state index contributed by atoms with van der Waals surface area (Å²) in [4.78, 5) is 4.39. The first-order valence-electron chi connectivity index (χ1n) is 5.47. The summed E-state index contributed by atoms with van der Waals surface area (Å²) in [5.74, 6) is 0. The summed E-state index contributed by atoms with van der Waals surface area (Å²) in [5, 5.41) is 3.32. The van der Waals surface area contributed by atoms with Crippen molar-refractivity contribution in [3.63, 3.8) is 0 Å². The van der Waals surface area contributed by atoms with E-state index in [1.807, 2.05) is 31.4 Å². The molecule has 3 heteroatoms. The fraction of sp³-hybridized carbons (Fsp3) is 0.583. The van der Waals surface area contributed by atoms with Crippen LogP contribution in [0.15, 0.2) is 24.4 Å². The molecular weight excluding hydrogens is 188 g/mol. The lowest BCUT2D eigenvalue weighted by Gasteiger charge is -2.37. The first-order valence-corrected chi connectivity index (χ1v) is 5.47. The Morgan fingerprint density at radius 1 is 1.53 bits per heavy atom. The Hall–Kier alpha value is -0.930. The lowest BCUT2D eigenvalue weighted by atomic mass is 9.89. The van der Waals surface area contributed by atoms with Gasteiger partial charge in [-0.1, -0.05) is 6.07 Å². The van der Waals surface area contributed by atoms with Gasteiger partial charge >= 0.3 is 0 Å². The Bertz CT molecular complexity index is 315. The number of aromatic nitrogens is 1. The third-order valence-corrected chi connectivity index (χ3v) is 3.14. The van der Waals surface area contributed by atoms with Crippen LogP contribution in [0, 0.1) is 0 Å². The van der Waals surface area contributed by atoms with E-state index in [0.29, 0.717) is 6.04 Å². The molecule has 15 heavy (non-hydrogen) atoms. The molecule has 1 aromatic heterocycles. The molecule has 2 rings (SSSR count). The molecule has 1 saturated heterocycles. The van der Waals surface area contributed by atoms with E-state index >= 15 is 0 Å². The molecule has 1 aliphatic heterocycles. The molecule has 0 amide bonds. The number of rotatable bonds is 2. The maximum absolute atomic E-state index is 5.88. The molecule has 82 valence electrons. The van der Waals surface area contributed by atoms with Crippen molar-refractivity contribution in [3.8, 4) is 0 Å². The lowest BCUT2D eigenvalue weighted by molar-refractivity contribution is -0.0831. The Morgan fingerprint density at radius 2 is 2.40 bits per heavy atom. The van der Waals surface area contributed by atoms with Gasteiger partial charge in [0.1, 0.15) is 5.60 Å². The van der Waals surface area contributed by atoms with Gasteiger partial charge in [-0.3, -0.25) is 4.98 Å². The highest BCUT2D eigenvalue weighted by Gasteiger charge is 2.35. The maximum Gasteiger partial charge on any atom is 0.109 e. The zero-order valence-corrected chi connectivity index (χ0v) is 9.36. The van der Waals surface area contributed by atoms with E-state index in [9.17, 15) is 0 Å². The van der Waals surface area contributed by atoms with E-state index in [1.54, 1.807) is 0 Å². The van der Waals surface area contributed by atoms with Crippen molar-refractivity contribution in [1.82, 2.24) is 10.3 Å². The summed E-state index contributed by atoms with van der Waals surface area (Å²) in [7, 11) is 2.01. The quantitative estimate of drug-likeness (QED) is 0.799. The second kappa shape index (κ2) is 4.29. The van der Waals surface area contributed by atoms with Crippen LogP contribution in [-0.2, 0) is 10.3 Å². The van der Waals surface area contributed by atoms with Crippen molar-refractivity contribution in [2.24, 2.45) is 0 Å². The van der Waals surface area contributed by atoms with Crippen LogP contribution >= 0.6 is 0 Å². The first-order chi connectivity index (χ1) is 7.24. The van der Waals surface area contributed by atoms with Gasteiger partial charge in [0.15, 0.2) is 0 Å². The number of ether oxygens (including phenoxy) is 1. The van der Waals surface area contributed by atoms with Gasteiger partial charge < -0.3 is 10.1 Å². The fourth-order valence-corrected chi connectivity index (χ4v) is 2.16. The predicted molar refractivity (Wildman–Crippen MR) is 59.6 cm³/mol. The highest BCUT2D eigenvalue weighted by Crippen LogP contribution is 2.33. The van der Waals surface area contributed by atoms with Gasteiger partial charge in [0, 0.05) is 18.8 Å². The number of hydrogen-bond donors (Lipinski definition) is 1. The Balaban J connectivity index is 2.19. The second-order valence-electron chi connectivity index (χ2n) is 4.27. The number of pyridine rings is 1. The minimum absolute atomic E-state index is 0.229. The molecule has 2 atom stereocenters. The largest absolute Gasteiger partial charge is 0.369 e. The number of nitrogens with zero attached hydrogens (tertiary/aromatic N) is 1. The molecule has 0 saturated carbocycles.